The SMILES string of the molecule is Cc1sc2nc(CN3CCCC3)nc(Sc3n[nH]c(Cc4cccs4)n3)c2c1C. The molecule has 1 aliphatic heterocycles. The fourth-order valence-corrected chi connectivity index (χ4v) is 6.35. The van der Waals surface area contributed by atoms with Gasteiger partial charge in [-0.3, -0.25) is 10.00 Å². The van der Waals surface area contributed by atoms with E-state index in [1.54, 1.807) is 22.7 Å². The molecule has 0 saturated carbocycles. The topological polar surface area (TPSA) is 70.6 Å². The van der Waals surface area contributed by atoms with Crippen LogP contribution in [0.5, 0.6) is 0 Å². The van der Waals surface area contributed by atoms with E-state index in [9.17, 15) is 0 Å². The Morgan fingerprint density at radius 2 is 2.03 bits per heavy atom. The van der Waals surface area contributed by atoms with Crippen LogP contribution in [0.4, 0.5) is 0 Å². The Morgan fingerprint density at radius 3 is 2.83 bits per heavy atom. The van der Waals surface area contributed by atoms with Crippen LogP contribution in [0.3, 0.4) is 0 Å². The van der Waals surface area contributed by atoms with Gasteiger partial charge in [0.25, 0.3) is 0 Å². The summed E-state index contributed by atoms with van der Waals surface area (Å²) in [6, 6.07) is 4.18. The lowest BCUT2D eigenvalue weighted by molar-refractivity contribution is 0.322. The smallest absolute Gasteiger partial charge is 0.214 e. The third-order valence-corrected chi connectivity index (χ3v) is 8.06. The van der Waals surface area contributed by atoms with Gasteiger partial charge in [0.2, 0.25) is 5.16 Å². The number of hydrogen-bond donors (Lipinski definition) is 1. The first-order valence-electron chi connectivity index (χ1n) is 9.76. The van der Waals surface area contributed by atoms with Crippen molar-refractivity contribution in [3.63, 3.8) is 0 Å². The number of aryl methyl sites for hydroxylation is 2. The van der Waals surface area contributed by atoms with Gasteiger partial charge in [0.1, 0.15) is 21.5 Å². The first-order valence-corrected chi connectivity index (χ1v) is 12.3. The van der Waals surface area contributed by atoms with Crippen molar-refractivity contribution in [1.82, 2.24) is 30.0 Å². The maximum atomic E-state index is 4.94. The largest absolute Gasteiger partial charge is 0.296 e. The lowest BCUT2D eigenvalue weighted by Crippen LogP contribution is -2.20. The highest BCUT2D eigenvalue weighted by Gasteiger charge is 2.20. The van der Waals surface area contributed by atoms with E-state index in [-0.39, 0.29) is 0 Å². The van der Waals surface area contributed by atoms with Crippen molar-refractivity contribution < 1.29 is 0 Å². The van der Waals surface area contributed by atoms with Crippen LogP contribution in [0.1, 0.15) is 39.8 Å². The summed E-state index contributed by atoms with van der Waals surface area (Å²) in [6.45, 7) is 7.40. The molecule has 29 heavy (non-hydrogen) atoms. The highest BCUT2D eigenvalue weighted by atomic mass is 32.2. The highest BCUT2D eigenvalue weighted by molar-refractivity contribution is 7.99. The molecular formula is C20H22N6S3. The lowest BCUT2D eigenvalue weighted by Gasteiger charge is -2.13. The number of likely N-dealkylation sites (tertiary alicyclic amines) is 1. The second-order valence-corrected chi connectivity index (χ2v) is 10.5. The summed E-state index contributed by atoms with van der Waals surface area (Å²) in [5.41, 5.74) is 1.26. The third-order valence-electron chi connectivity index (χ3n) is 5.23. The molecule has 4 aromatic heterocycles. The maximum Gasteiger partial charge on any atom is 0.214 e. The second-order valence-electron chi connectivity index (χ2n) is 7.31. The van der Waals surface area contributed by atoms with Gasteiger partial charge in [0.05, 0.1) is 6.54 Å². The molecule has 0 atom stereocenters. The Balaban J connectivity index is 1.45. The Labute approximate surface area is 181 Å². The number of rotatable bonds is 6. The lowest BCUT2D eigenvalue weighted by atomic mass is 10.2. The van der Waals surface area contributed by atoms with Crippen LogP contribution in [0, 0.1) is 13.8 Å². The number of fused-ring (bicyclic) bond motifs is 1. The van der Waals surface area contributed by atoms with Crippen LogP contribution in [0.15, 0.2) is 27.7 Å². The standard InChI is InChI=1S/C20H22N6S3/c1-12-13(2)28-18-17(12)19(22-16(21-18)11-26-7-3-4-8-26)29-20-23-15(24-25-20)10-14-6-5-9-27-14/h5-6,9H,3-4,7-8,10-11H2,1-2H3,(H,23,24,25). The number of nitrogens with zero attached hydrogens (tertiary/aromatic N) is 5. The average molecular weight is 443 g/mol. The molecule has 1 N–H and O–H groups in total. The quantitative estimate of drug-likeness (QED) is 0.432. The van der Waals surface area contributed by atoms with Crippen LogP contribution in [0.25, 0.3) is 10.2 Å². The summed E-state index contributed by atoms with van der Waals surface area (Å²) in [5, 5.41) is 12.4. The Bertz CT molecular complexity index is 1120. The molecule has 4 aromatic rings. The Kier molecular flexibility index (Phi) is 5.38. The van der Waals surface area contributed by atoms with E-state index in [2.05, 4.69) is 46.5 Å². The molecule has 0 aromatic carbocycles. The highest BCUT2D eigenvalue weighted by Crippen LogP contribution is 2.37. The molecule has 9 heteroatoms. The van der Waals surface area contributed by atoms with E-state index in [1.165, 1.54) is 39.9 Å². The molecule has 0 unspecified atom stereocenters. The molecule has 0 radical (unpaired) electrons. The van der Waals surface area contributed by atoms with Crippen molar-refractivity contribution >= 4 is 44.7 Å². The normalized spacial score (nSPS) is 15.0. The molecule has 5 rings (SSSR count). The summed E-state index contributed by atoms with van der Waals surface area (Å²) in [7, 11) is 0. The molecule has 1 fully saturated rings. The minimum atomic E-state index is 0.715. The van der Waals surface area contributed by atoms with Crippen molar-refractivity contribution in [3.05, 3.63) is 44.5 Å². The van der Waals surface area contributed by atoms with Crippen molar-refractivity contribution in [3.8, 4) is 0 Å². The van der Waals surface area contributed by atoms with Gasteiger partial charge in [-0.2, -0.15) is 0 Å². The Morgan fingerprint density at radius 1 is 1.17 bits per heavy atom. The van der Waals surface area contributed by atoms with E-state index in [0.29, 0.717) is 5.16 Å². The van der Waals surface area contributed by atoms with E-state index < -0.39 is 0 Å². The molecule has 0 amide bonds. The summed E-state index contributed by atoms with van der Waals surface area (Å²) >= 11 is 5.03. The summed E-state index contributed by atoms with van der Waals surface area (Å²) in [4.78, 5) is 20.6. The number of aromatic amines is 1. The van der Waals surface area contributed by atoms with Gasteiger partial charge in [-0.25, -0.2) is 15.0 Å². The van der Waals surface area contributed by atoms with Gasteiger partial charge in [0, 0.05) is 21.6 Å². The molecule has 0 spiro atoms. The zero-order valence-electron chi connectivity index (χ0n) is 16.4. The first kappa shape index (κ1) is 19.2. The number of nitrogens with one attached hydrogen (secondary N) is 1. The molecule has 150 valence electrons. The van der Waals surface area contributed by atoms with Crippen LogP contribution < -0.4 is 0 Å². The monoisotopic (exact) mass is 442 g/mol. The van der Waals surface area contributed by atoms with Gasteiger partial charge < -0.3 is 0 Å². The molecule has 0 aliphatic carbocycles. The second kappa shape index (κ2) is 8.14. The van der Waals surface area contributed by atoms with Gasteiger partial charge in [0.15, 0.2) is 0 Å². The molecule has 5 heterocycles. The summed E-state index contributed by atoms with van der Waals surface area (Å²) in [6.07, 6.45) is 3.32. The van der Waals surface area contributed by atoms with Gasteiger partial charge in [-0.15, -0.1) is 27.8 Å². The van der Waals surface area contributed by atoms with E-state index >= 15 is 0 Å². The molecule has 1 aliphatic rings. The number of hydrogen-bond acceptors (Lipinski definition) is 8. The molecule has 0 bridgehead atoms. The molecule has 1 saturated heterocycles. The van der Waals surface area contributed by atoms with E-state index in [1.807, 2.05) is 0 Å². The zero-order valence-corrected chi connectivity index (χ0v) is 18.9. The first-order chi connectivity index (χ1) is 14.2. The Hall–Kier alpha value is -1.81. The van der Waals surface area contributed by atoms with E-state index in [4.69, 9.17) is 15.0 Å². The summed E-state index contributed by atoms with van der Waals surface area (Å²) < 4.78 is 0. The summed E-state index contributed by atoms with van der Waals surface area (Å²) in [5.74, 6) is 1.79. The average Bonchev–Trinajstić information content (AvgIpc) is 3.47. The molecular weight excluding hydrogens is 420 g/mol. The van der Waals surface area contributed by atoms with E-state index in [0.717, 1.165) is 52.9 Å². The van der Waals surface area contributed by atoms with Crippen LogP contribution in [0.2, 0.25) is 0 Å². The van der Waals surface area contributed by atoms with Crippen molar-refractivity contribution in [2.24, 2.45) is 0 Å². The number of thiophene rings is 2. The van der Waals surface area contributed by atoms with Crippen LogP contribution in [-0.4, -0.2) is 43.1 Å². The zero-order chi connectivity index (χ0) is 19.8. The minimum absolute atomic E-state index is 0.715. The fraction of sp³-hybridized carbons (Fsp3) is 0.400. The van der Waals surface area contributed by atoms with Gasteiger partial charge in [-0.05, 0) is 68.6 Å². The fourth-order valence-electron chi connectivity index (χ4n) is 3.61. The number of aromatic nitrogens is 5. The minimum Gasteiger partial charge on any atom is -0.296 e. The third kappa shape index (κ3) is 4.09. The number of H-pyrrole nitrogens is 1. The molecule has 6 nitrogen and oxygen atoms in total. The van der Waals surface area contributed by atoms with Gasteiger partial charge in [-0.1, -0.05) is 6.07 Å². The predicted octanol–water partition coefficient (Wildman–Crippen LogP) is 4.83. The maximum absolute atomic E-state index is 4.94. The van der Waals surface area contributed by atoms with Crippen molar-refractivity contribution in [2.45, 2.75) is 49.8 Å². The van der Waals surface area contributed by atoms with Gasteiger partial charge >= 0.3 is 0 Å². The van der Waals surface area contributed by atoms with Crippen molar-refractivity contribution in [2.75, 3.05) is 13.1 Å². The van der Waals surface area contributed by atoms with Crippen LogP contribution >= 0.6 is 34.4 Å². The predicted molar refractivity (Wildman–Crippen MR) is 119 cm³/mol. The van der Waals surface area contributed by atoms with Crippen LogP contribution in [-0.2, 0) is 13.0 Å². The van der Waals surface area contributed by atoms with Crippen molar-refractivity contribution in [1.29, 1.82) is 0 Å².